The Labute approximate surface area is 227 Å². The number of ketones is 2. The van der Waals surface area contributed by atoms with Crippen LogP contribution in [-0.2, 0) is 38.1 Å². The first-order chi connectivity index (χ1) is 18.4. The first kappa shape index (κ1) is 34.4. The molecule has 0 amide bonds. The molecule has 0 radical (unpaired) electrons. The SMILES string of the molecule is CC(=O)[13CH2]N1CC[18O]CC1.CC(=[18O])[13CH2]N1CCOCC1.O=CCN1CC[18O]CC1.[18O]=CCN1CCOCC1. The summed E-state index contributed by atoms with van der Waals surface area (Å²) in [7, 11) is 0. The maximum Gasteiger partial charge on any atom is 0.143 e. The molecule has 0 N–H and O–H groups in total. The summed E-state index contributed by atoms with van der Waals surface area (Å²) in [6.07, 6.45) is 1.87. The normalized spacial score (nSPS) is 21.3. The number of carbonyl (C=O) groups is 4. The fraction of sp³-hybridized carbons (Fsp3) is 0.846. The molecule has 4 fully saturated rings. The van der Waals surface area contributed by atoms with E-state index in [2.05, 4.69) is 19.6 Å². The quantitative estimate of drug-likeness (QED) is 0.205. The highest BCUT2D eigenvalue weighted by atomic mass is 18.3. The van der Waals surface area contributed by atoms with Gasteiger partial charge in [0.2, 0.25) is 0 Å². The summed E-state index contributed by atoms with van der Waals surface area (Å²) in [6, 6.07) is 0. The predicted molar refractivity (Wildman–Crippen MR) is 143 cm³/mol. The molecule has 0 aromatic rings. The molecule has 220 valence electrons. The van der Waals surface area contributed by atoms with Gasteiger partial charge in [-0.25, -0.2) is 0 Å². The molecule has 12 nitrogen and oxygen atoms in total. The van der Waals surface area contributed by atoms with Crippen LogP contribution in [0.5, 0.6) is 0 Å². The maximum atomic E-state index is 10.6. The number of aldehydes is 2. The number of carbonyl (C=O) groups excluding carboxylic acids is 4. The molecule has 0 aromatic carbocycles. The van der Waals surface area contributed by atoms with Crippen LogP contribution in [0.4, 0.5) is 0 Å². The van der Waals surface area contributed by atoms with Crippen molar-refractivity contribution in [2.24, 2.45) is 0 Å². The van der Waals surface area contributed by atoms with Crippen molar-refractivity contribution in [1.29, 1.82) is 0 Å². The summed E-state index contributed by atoms with van der Waals surface area (Å²) in [5.74, 6) is 0.476. The predicted octanol–water partition coefficient (Wildman–Crippen LogP) is -1.15. The minimum Gasteiger partial charge on any atom is -0.379 e. The number of hydrogen-bond donors (Lipinski definition) is 0. The van der Waals surface area contributed by atoms with E-state index in [4.69, 9.17) is 18.9 Å². The Morgan fingerprint density at radius 2 is 1.13 bits per heavy atom. The lowest BCUT2D eigenvalue weighted by atomic mass is 10.4. The van der Waals surface area contributed by atoms with Gasteiger partial charge in [0, 0.05) is 52.4 Å². The van der Waals surface area contributed by atoms with E-state index in [0.29, 0.717) is 26.2 Å². The zero-order valence-electron chi connectivity index (χ0n) is 23.4. The van der Waals surface area contributed by atoms with Crippen molar-refractivity contribution < 1.29 is 38.1 Å². The van der Waals surface area contributed by atoms with Crippen LogP contribution in [-0.4, -0.2) is 175 Å². The second-order valence-corrected chi connectivity index (χ2v) is 9.34. The lowest BCUT2D eigenvalue weighted by Gasteiger charge is -2.25. The minimum absolute atomic E-state index is 0.238. The zero-order valence-corrected chi connectivity index (χ0v) is 23.4. The summed E-state index contributed by atoms with van der Waals surface area (Å²) in [6.45, 7) is 18.9. The number of nitrogens with zero attached hydrogens (tertiary/aromatic N) is 4. The molecule has 0 atom stereocenters. The van der Waals surface area contributed by atoms with Crippen molar-refractivity contribution in [2.45, 2.75) is 13.8 Å². The average Bonchev–Trinajstić information content (AvgIpc) is 2.92. The smallest absolute Gasteiger partial charge is 0.143 e. The lowest BCUT2D eigenvalue weighted by molar-refractivity contribution is -0.120. The van der Waals surface area contributed by atoms with E-state index in [1.165, 1.54) is 0 Å². The summed E-state index contributed by atoms with van der Waals surface area (Å²) in [5.41, 5.74) is 0. The molecule has 0 aromatic heterocycles. The summed E-state index contributed by atoms with van der Waals surface area (Å²) >= 11 is 0. The van der Waals surface area contributed by atoms with E-state index in [0.717, 1.165) is 118 Å². The Hall–Kier alpha value is -1.64. The monoisotopic (exact) mass is 554 g/mol. The Morgan fingerprint density at radius 3 is 1.55 bits per heavy atom. The van der Waals surface area contributed by atoms with E-state index in [-0.39, 0.29) is 11.6 Å². The van der Waals surface area contributed by atoms with Gasteiger partial charge in [-0.2, -0.15) is 0 Å². The summed E-state index contributed by atoms with van der Waals surface area (Å²) < 4.78 is 20.4. The molecule has 0 aliphatic carbocycles. The maximum absolute atomic E-state index is 10.6. The number of Topliss-reactive ketones (excluding diaryl/α,β-unsaturated/α-hetero) is 2. The van der Waals surface area contributed by atoms with Gasteiger partial charge in [-0.3, -0.25) is 29.2 Å². The van der Waals surface area contributed by atoms with Crippen LogP contribution < -0.4 is 0 Å². The van der Waals surface area contributed by atoms with Crippen LogP contribution in [0.1, 0.15) is 13.8 Å². The second kappa shape index (κ2) is 23.3. The highest BCUT2D eigenvalue weighted by Crippen LogP contribution is 1.97. The Morgan fingerprint density at radius 1 is 0.711 bits per heavy atom. The van der Waals surface area contributed by atoms with Gasteiger partial charge in [0.1, 0.15) is 24.1 Å². The van der Waals surface area contributed by atoms with E-state index in [9.17, 15) is 19.2 Å². The molecule has 4 saturated heterocycles. The van der Waals surface area contributed by atoms with Crippen LogP contribution in [0.2, 0.25) is 0 Å². The molecule has 4 rings (SSSR count). The van der Waals surface area contributed by atoms with Crippen LogP contribution in [0.15, 0.2) is 0 Å². The summed E-state index contributed by atoms with van der Waals surface area (Å²) in [5, 5.41) is 0. The van der Waals surface area contributed by atoms with Crippen LogP contribution in [0.25, 0.3) is 0 Å². The van der Waals surface area contributed by atoms with Crippen LogP contribution >= 0.6 is 0 Å². The van der Waals surface area contributed by atoms with Gasteiger partial charge in [-0.05, 0) is 13.8 Å². The molecular weight excluding hydrogens is 506 g/mol. The van der Waals surface area contributed by atoms with Crippen molar-refractivity contribution in [1.82, 2.24) is 19.6 Å². The second-order valence-electron chi connectivity index (χ2n) is 9.34. The van der Waals surface area contributed by atoms with Crippen molar-refractivity contribution >= 4 is 24.1 Å². The fourth-order valence-corrected chi connectivity index (χ4v) is 3.93. The molecule has 0 unspecified atom stereocenters. The van der Waals surface area contributed by atoms with Gasteiger partial charge in [-0.1, -0.05) is 0 Å². The molecular formula is C26H48N4O8. The molecule has 0 spiro atoms. The van der Waals surface area contributed by atoms with Crippen molar-refractivity contribution in [2.75, 3.05) is 131 Å². The molecule has 0 saturated carbocycles. The van der Waals surface area contributed by atoms with Crippen molar-refractivity contribution in [3.8, 4) is 0 Å². The number of hydrogen-bond acceptors (Lipinski definition) is 12. The fourth-order valence-electron chi connectivity index (χ4n) is 3.93. The highest BCUT2D eigenvalue weighted by Gasteiger charge is 2.12. The minimum atomic E-state index is 0.238. The molecule has 4 aliphatic rings. The van der Waals surface area contributed by atoms with Crippen LogP contribution in [0, 0.1) is 0 Å². The largest absolute Gasteiger partial charge is 0.379 e. The molecule has 4 aliphatic heterocycles. The van der Waals surface area contributed by atoms with Gasteiger partial charge in [-0.15, -0.1) is 0 Å². The van der Waals surface area contributed by atoms with E-state index < -0.39 is 0 Å². The Bertz CT molecular complexity index is 577. The number of morpholine rings is 4. The van der Waals surface area contributed by atoms with Gasteiger partial charge < -0.3 is 28.5 Å². The van der Waals surface area contributed by atoms with Gasteiger partial charge >= 0.3 is 0 Å². The van der Waals surface area contributed by atoms with E-state index in [1.54, 1.807) is 13.8 Å². The number of rotatable bonds is 8. The first-order valence-corrected chi connectivity index (χ1v) is 13.5. The third-order valence-electron chi connectivity index (χ3n) is 5.97. The lowest BCUT2D eigenvalue weighted by Crippen LogP contribution is -2.38. The average molecular weight is 555 g/mol. The zero-order chi connectivity index (χ0) is 27.8. The summed E-state index contributed by atoms with van der Waals surface area (Å²) in [4.78, 5) is 49.6. The molecule has 0 bridgehead atoms. The molecule has 4 heterocycles. The Balaban J connectivity index is 0.000000254. The van der Waals surface area contributed by atoms with Gasteiger partial charge in [0.15, 0.2) is 0 Å². The van der Waals surface area contributed by atoms with E-state index in [1.807, 2.05) is 0 Å². The van der Waals surface area contributed by atoms with Gasteiger partial charge in [0.05, 0.1) is 79.0 Å². The Kier molecular flexibility index (Phi) is 21.1. The van der Waals surface area contributed by atoms with Crippen LogP contribution in [0.3, 0.4) is 0 Å². The third kappa shape index (κ3) is 19.4. The molecule has 12 heteroatoms. The van der Waals surface area contributed by atoms with E-state index >= 15 is 0 Å². The third-order valence-corrected chi connectivity index (χ3v) is 5.97. The molecule has 38 heavy (non-hydrogen) atoms. The first-order valence-electron chi connectivity index (χ1n) is 13.5. The van der Waals surface area contributed by atoms with Gasteiger partial charge in [0.25, 0.3) is 0 Å². The van der Waals surface area contributed by atoms with Crippen molar-refractivity contribution in [3.63, 3.8) is 0 Å². The van der Waals surface area contributed by atoms with Crippen molar-refractivity contribution in [3.05, 3.63) is 0 Å². The topological polar surface area (TPSA) is 118 Å². The number of ether oxygens (including phenoxy) is 4. The highest BCUT2D eigenvalue weighted by molar-refractivity contribution is 5.77. The standard InChI is InChI=1S/2C7H13NO2.2C6H11NO2/c2*1-7(9)6-8-2-4-10-5-3-8;2*8-4-1-7-2-5-9-6-3-7/h2*2-6H2,1H3;2*4H,1-3,5-6H2/i6+1,10+2;6+1,9+2;9+2;8+2.